The Kier molecular flexibility index (Phi) is 8.87. The maximum atomic E-state index is 13.9. The summed E-state index contributed by atoms with van der Waals surface area (Å²) in [5.74, 6) is -0.0962. The second-order valence-corrected chi connectivity index (χ2v) is 18.7. The van der Waals surface area contributed by atoms with E-state index in [-0.39, 0.29) is 57.8 Å². The number of rotatable bonds is 7. The quantitative estimate of drug-likeness (QED) is 0.194. The number of allylic oxidation sites excluding steroid dienone is 1. The molecule has 3 N–H and O–H groups in total. The van der Waals surface area contributed by atoms with Gasteiger partial charge in [0.25, 0.3) is 0 Å². The zero-order valence-electron chi connectivity index (χ0n) is 31.6. The molecule has 4 saturated carbocycles. The highest BCUT2D eigenvalue weighted by Gasteiger charge is 2.69. The highest BCUT2D eigenvalue weighted by molar-refractivity contribution is 5.95. The molecule has 0 bridgehead atoms. The Morgan fingerprint density at radius 3 is 2.38 bits per heavy atom. The molecule has 4 fully saturated rings. The summed E-state index contributed by atoms with van der Waals surface area (Å²) in [5, 5.41) is 15.8. The van der Waals surface area contributed by atoms with Gasteiger partial charge in [-0.25, -0.2) is 14.8 Å². The van der Waals surface area contributed by atoms with Crippen LogP contribution >= 0.6 is 0 Å². The summed E-state index contributed by atoms with van der Waals surface area (Å²) < 4.78 is 6.14. The zero-order chi connectivity index (χ0) is 36.7. The molecule has 1 aromatic heterocycles. The number of hydrogen-bond donors (Lipinski definition) is 3. The van der Waals surface area contributed by atoms with Gasteiger partial charge in [-0.15, -0.1) is 0 Å². The molecule has 1 aromatic rings. The number of aromatic nitrogens is 2. The van der Waals surface area contributed by atoms with Gasteiger partial charge in [-0.2, -0.15) is 0 Å². The van der Waals surface area contributed by atoms with Gasteiger partial charge >= 0.3 is 18.0 Å². The van der Waals surface area contributed by atoms with Gasteiger partial charge in [0.05, 0.1) is 17.4 Å². The van der Waals surface area contributed by atoms with Crippen molar-refractivity contribution in [3.05, 3.63) is 29.7 Å². The third-order valence-electron chi connectivity index (χ3n) is 14.9. The molecule has 8 atom stereocenters. The number of Topliss-reactive ketones (excluding diaryl/α,β-unsaturated/α-hetero) is 1. The predicted octanol–water partition coefficient (Wildman–Crippen LogP) is 7.74. The normalized spacial score (nSPS) is 37.6. The van der Waals surface area contributed by atoms with Crippen LogP contribution < -0.4 is 10.6 Å². The summed E-state index contributed by atoms with van der Waals surface area (Å²) in [7, 11) is 0. The number of fused-ring (bicyclic) bond motifs is 6. The average molecular weight is 691 g/mol. The maximum Gasteiger partial charge on any atom is 0.321 e. The van der Waals surface area contributed by atoms with Crippen LogP contribution in [-0.4, -0.2) is 50.5 Å². The second kappa shape index (κ2) is 12.1. The molecule has 0 aliphatic heterocycles. The molecule has 5 aliphatic carbocycles. The highest BCUT2D eigenvalue weighted by Crippen LogP contribution is 2.75. The summed E-state index contributed by atoms with van der Waals surface area (Å²) in [6.45, 7) is 19.4. The number of nitrogens with one attached hydrogen (secondary N) is 2. The number of ether oxygens (including phenoxy) is 1. The second-order valence-electron chi connectivity index (χ2n) is 18.7. The largest absolute Gasteiger partial charge is 0.481 e. The van der Waals surface area contributed by atoms with Crippen LogP contribution in [0.15, 0.2) is 29.7 Å². The summed E-state index contributed by atoms with van der Waals surface area (Å²) in [4.78, 5) is 60.3. The lowest BCUT2D eigenvalue weighted by atomic mass is 9.34. The van der Waals surface area contributed by atoms with E-state index in [1.807, 2.05) is 0 Å². The minimum absolute atomic E-state index is 0.00746. The number of hydrogen-bond acceptors (Lipinski definition) is 7. The van der Waals surface area contributed by atoms with Gasteiger partial charge < -0.3 is 15.2 Å². The van der Waals surface area contributed by atoms with E-state index < -0.39 is 22.9 Å². The van der Waals surface area contributed by atoms with E-state index in [4.69, 9.17) is 4.74 Å². The lowest BCUT2D eigenvalue weighted by molar-refractivity contribution is -0.214. The topological polar surface area (TPSA) is 148 Å². The van der Waals surface area contributed by atoms with Crippen LogP contribution in [0.25, 0.3) is 0 Å². The summed E-state index contributed by atoms with van der Waals surface area (Å²) in [6, 6.07) is 1.31. The van der Waals surface area contributed by atoms with Crippen molar-refractivity contribution in [2.75, 3.05) is 5.32 Å². The highest BCUT2D eigenvalue weighted by atomic mass is 16.5. The first-order valence-electron chi connectivity index (χ1n) is 18.8. The Balaban J connectivity index is 1.31. The third-order valence-corrected chi connectivity index (χ3v) is 14.9. The van der Waals surface area contributed by atoms with E-state index in [0.29, 0.717) is 30.5 Å². The first-order chi connectivity index (χ1) is 23.2. The SMILES string of the molecule is CC(C)C1C(=O)C[C@]2(NC(=O)Nc3ccncn3)CC[C@]3(C)C(=C12)CC[C@@H]1[C@@]2(C)CC[C@H](OC(=O)CC(C)(C)C(=O)O)C(C)(C)[C@@H]2CC[C@]13C. The monoisotopic (exact) mass is 690 g/mol. The van der Waals surface area contributed by atoms with Crippen molar-refractivity contribution in [1.29, 1.82) is 0 Å². The van der Waals surface area contributed by atoms with Crippen molar-refractivity contribution in [1.82, 2.24) is 15.3 Å². The molecule has 274 valence electrons. The van der Waals surface area contributed by atoms with E-state index in [9.17, 15) is 24.3 Å². The number of aliphatic carboxylic acids is 1. The van der Waals surface area contributed by atoms with Gasteiger partial charge in [-0.3, -0.25) is 19.7 Å². The minimum atomic E-state index is -1.17. The fourth-order valence-corrected chi connectivity index (χ4v) is 12.2. The van der Waals surface area contributed by atoms with Crippen LogP contribution in [0.3, 0.4) is 0 Å². The van der Waals surface area contributed by atoms with Gasteiger partial charge in [0.15, 0.2) is 0 Å². The molecule has 0 saturated heterocycles. The van der Waals surface area contributed by atoms with Crippen molar-refractivity contribution in [3.63, 3.8) is 0 Å². The molecule has 0 aromatic carbocycles. The third kappa shape index (κ3) is 5.49. The minimum Gasteiger partial charge on any atom is -0.481 e. The number of carbonyl (C=O) groups is 4. The standard InChI is InChI=1S/C40H58N4O6/c1-23(2)31-25(45)20-40(44-34(49)43-29-14-19-41-22-42-29)18-17-38(8)24(32(31)40)10-11-27-37(7)15-13-28(50-30(46)21-35(3,4)33(47)48)36(5,6)26(37)12-16-39(27,38)9/h14,19,22-23,26-28,31H,10-13,15-18,20-21H2,1-9H3,(H,47,48)(H2,41,42,43,44,49)/t26-,27+,28-,31?,37-,38+,39+,40+/m0/s1. The number of urea groups is 1. The Labute approximate surface area is 297 Å². The molecule has 10 heteroatoms. The molecule has 0 spiro atoms. The molecule has 1 unspecified atom stereocenters. The average Bonchev–Trinajstić information content (AvgIpc) is 3.30. The molecular formula is C40H58N4O6. The van der Waals surface area contributed by atoms with Crippen molar-refractivity contribution in [3.8, 4) is 0 Å². The number of nitrogens with zero attached hydrogens (tertiary/aromatic N) is 2. The lowest BCUT2D eigenvalue weighted by Gasteiger charge is -2.70. The van der Waals surface area contributed by atoms with E-state index >= 15 is 0 Å². The Hall–Kier alpha value is -3.30. The lowest BCUT2D eigenvalue weighted by Crippen LogP contribution is -2.65. The van der Waals surface area contributed by atoms with E-state index in [1.165, 1.54) is 17.5 Å². The van der Waals surface area contributed by atoms with Gasteiger partial charge in [0, 0.05) is 24.0 Å². The number of carboxylic acids is 1. The van der Waals surface area contributed by atoms with Crippen LogP contribution in [0.5, 0.6) is 0 Å². The summed E-state index contributed by atoms with van der Waals surface area (Å²) >= 11 is 0. The van der Waals surface area contributed by atoms with Crippen LogP contribution in [0.2, 0.25) is 0 Å². The molecule has 50 heavy (non-hydrogen) atoms. The van der Waals surface area contributed by atoms with Crippen molar-refractivity contribution >= 4 is 29.6 Å². The zero-order valence-corrected chi connectivity index (χ0v) is 31.6. The maximum absolute atomic E-state index is 13.9. The fraction of sp³-hybridized carbons (Fsp3) is 0.750. The molecule has 6 rings (SSSR count). The molecule has 10 nitrogen and oxygen atoms in total. The molecule has 0 radical (unpaired) electrons. The van der Waals surface area contributed by atoms with Gasteiger partial charge in [-0.1, -0.05) is 54.0 Å². The number of esters is 1. The summed E-state index contributed by atoms with van der Waals surface area (Å²) in [5.41, 5.74) is 0.338. The van der Waals surface area contributed by atoms with Crippen LogP contribution in [-0.2, 0) is 19.1 Å². The van der Waals surface area contributed by atoms with Crippen LogP contribution in [0, 0.1) is 50.7 Å². The van der Waals surface area contributed by atoms with Crippen molar-refractivity contribution < 1.29 is 29.0 Å². The first-order valence-corrected chi connectivity index (χ1v) is 18.8. The molecule has 5 aliphatic rings. The first kappa shape index (κ1) is 36.5. The van der Waals surface area contributed by atoms with Gasteiger partial charge in [-0.05, 0) is 111 Å². The number of amides is 2. The smallest absolute Gasteiger partial charge is 0.321 e. The number of carboxylic acid groups (broad SMARTS) is 1. The van der Waals surface area contributed by atoms with E-state index in [1.54, 1.807) is 26.1 Å². The molecule has 1 heterocycles. The van der Waals surface area contributed by atoms with Crippen molar-refractivity contribution in [2.45, 2.75) is 138 Å². The summed E-state index contributed by atoms with van der Waals surface area (Å²) in [6.07, 6.45) is 10.2. The fourth-order valence-electron chi connectivity index (χ4n) is 12.2. The van der Waals surface area contributed by atoms with Crippen LogP contribution in [0.1, 0.15) is 127 Å². The van der Waals surface area contributed by atoms with Crippen molar-refractivity contribution in [2.24, 2.45) is 50.7 Å². The number of carbonyl (C=O) groups excluding carboxylic acids is 3. The van der Waals surface area contributed by atoms with E-state index in [2.05, 4.69) is 69.1 Å². The predicted molar refractivity (Wildman–Crippen MR) is 190 cm³/mol. The Bertz CT molecular complexity index is 1600. The Morgan fingerprint density at radius 2 is 1.74 bits per heavy atom. The Morgan fingerprint density at radius 1 is 1.02 bits per heavy atom. The van der Waals surface area contributed by atoms with Crippen LogP contribution in [0.4, 0.5) is 10.6 Å². The van der Waals surface area contributed by atoms with Gasteiger partial charge in [0.2, 0.25) is 0 Å². The van der Waals surface area contributed by atoms with E-state index in [0.717, 1.165) is 44.9 Å². The van der Waals surface area contributed by atoms with Gasteiger partial charge in [0.1, 0.15) is 24.0 Å². The number of ketones is 1. The molecule has 2 amide bonds. The number of anilines is 1. The molecular weight excluding hydrogens is 632 g/mol.